The van der Waals surface area contributed by atoms with Crippen molar-refractivity contribution in [3.63, 3.8) is 0 Å². The zero-order valence-corrected chi connectivity index (χ0v) is 14.2. The third-order valence-electron chi connectivity index (χ3n) is 4.35. The number of rotatable bonds is 6. The van der Waals surface area contributed by atoms with E-state index < -0.39 is 0 Å². The van der Waals surface area contributed by atoms with Gasteiger partial charge in [-0.15, -0.1) is 0 Å². The van der Waals surface area contributed by atoms with Crippen molar-refractivity contribution in [2.45, 2.75) is 12.8 Å². The molecule has 2 aromatic rings. The van der Waals surface area contributed by atoms with E-state index in [1.807, 2.05) is 54.6 Å². The number of likely N-dealkylation sites (tertiary alicyclic amines) is 1. The van der Waals surface area contributed by atoms with Crippen LogP contribution in [0.2, 0.25) is 0 Å². The summed E-state index contributed by atoms with van der Waals surface area (Å²) in [5, 5.41) is 12.2. The van der Waals surface area contributed by atoms with Crippen molar-refractivity contribution in [3.05, 3.63) is 54.6 Å². The zero-order valence-electron chi connectivity index (χ0n) is 14.2. The zero-order chi connectivity index (χ0) is 17.5. The van der Waals surface area contributed by atoms with Crippen molar-refractivity contribution < 1.29 is 14.6 Å². The van der Waals surface area contributed by atoms with Gasteiger partial charge in [-0.05, 0) is 61.7 Å². The predicted molar refractivity (Wildman–Crippen MR) is 97.8 cm³/mol. The predicted octanol–water partition coefficient (Wildman–Crippen LogP) is 3.12. The summed E-state index contributed by atoms with van der Waals surface area (Å²) in [6.07, 6.45) is 2.07. The van der Waals surface area contributed by atoms with Crippen LogP contribution in [0, 0.1) is 5.92 Å². The Morgan fingerprint density at radius 1 is 1.12 bits per heavy atom. The van der Waals surface area contributed by atoms with Crippen molar-refractivity contribution in [3.8, 4) is 11.5 Å². The molecular weight excluding hydrogens is 316 g/mol. The summed E-state index contributed by atoms with van der Waals surface area (Å²) in [5.41, 5.74) is 0.751. The largest absolute Gasteiger partial charge is 0.457 e. The number of aliphatic hydroxyl groups is 1. The fraction of sp³-hybridized carbons (Fsp3) is 0.350. The number of aliphatic hydroxyl groups excluding tert-OH is 1. The van der Waals surface area contributed by atoms with E-state index in [-0.39, 0.29) is 18.4 Å². The SMILES string of the molecule is O=C(CN1CCCC(CO)C1)Nc1ccc(Oc2ccccc2)cc1. The molecule has 1 aliphatic heterocycles. The molecule has 2 aromatic carbocycles. The molecule has 1 amide bonds. The Balaban J connectivity index is 1.50. The number of carbonyl (C=O) groups excluding carboxylic acids is 1. The van der Waals surface area contributed by atoms with Gasteiger partial charge in [0.1, 0.15) is 11.5 Å². The van der Waals surface area contributed by atoms with Gasteiger partial charge in [0, 0.05) is 18.8 Å². The van der Waals surface area contributed by atoms with Crippen LogP contribution in [0.4, 0.5) is 5.69 Å². The standard InChI is InChI=1S/C20H24N2O3/c23-15-16-5-4-12-22(13-16)14-20(24)21-17-8-10-19(11-9-17)25-18-6-2-1-3-7-18/h1-3,6-11,16,23H,4-5,12-15H2,(H,21,24). The summed E-state index contributed by atoms with van der Waals surface area (Å²) in [7, 11) is 0. The van der Waals surface area contributed by atoms with Crippen LogP contribution in [-0.4, -0.2) is 42.2 Å². The van der Waals surface area contributed by atoms with Gasteiger partial charge in [-0.25, -0.2) is 0 Å². The summed E-state index contributed by atoms with van der Waals surface area (Å²) >= 11 is 0. The molecule has 0 radical (unpaired) electrons. The lowest BCUT2D eigenvalue weighted by Crippen LogP contribution is -2.41. The van der Waals surface area contributed by atoms with Gasteiger partial charge >= 0.3 is 0 Å². The van der Waals surface area contributed by atoms with Crippen molar-refractivity contribution in [2.24, 2.45) is 5.92 Å². The van der Waals surface area contributed by atoms with Gasteiger partial charge in [0.15, 0.2) is 0 Å². The average Bonchev–Trinajstić information content (AvgIpc) is 2.64. The minimum Gasteiger partial charge on any atom is -0.457 e. The number of benzene rings is 2. The van der Waals surface area contributed by atoms with E-state index in [4.69, 9.17) is 4.74 Å². The quantitative estimate of drug-likeness (QED) is 0.848. The molecule has 1 fully saturated rings. The van der Waals surface area contributed by atoms with Crippen molar-refractivity contribution in [1.82, 2.24) is 4.90 Å². The summed E-state index contributed by atoms with van der Waals surface area (Å²) in [4.78, 5) is 14.3. The summed E-state index contributed by atoms with van der Waals surface area (Å²) in [6, 6.07) is 16.9. The number of nitrogens with one attached hydrogen (secondary N) is 1. The van der Waals surface area contributed by atoms with Crippen LogP contribution in [-0.2, 0) is 4.79 Å². The van der Waals surface area contributed by atoms with Gasteiger partial charge < -0.3 is 15.2 Å². The van der Waals surface area contributed by atoms with E-state index in [1.54, 1.807) is 0 Å². The van der Waals surface area contributed by atoms with E-state index in [0.29, 0.717) is 6.54 Å². The van der Waals surface area contributed by atoms with E-state index in [0.717, 1.165) is 43.1 Å². The number of hydrogen-bond acceptors (Lipinski definition) is 4. The number of carbonyl (C=O) groups is 1. The second kappa shape index (κ2) is 8.65. The first-order valence-corrected chi connectivity index (χ1v) is 8.69. The molecule has 0 spiro atoms. The monoisotopic (exact) mass is 340 g/mol. The lowest BCUT2D eigenvalue weighted by Gasteiger charge is -2.31. The van der Waals surface area contributed by atoms with Crippen molar-refractivity contribution in [2.75, 3.05) is 31.6 Å². The lowest BCUT2D eigenvalue weighted by atomic mass is 9.99. The first-order valence-electron chi connectivity index (χ1n) is 8.69. The van der Waals surface area contributed by atoms with E-state index in [2.05, 4.69) is 10.2 Å². The molecule has 1 atom stereocenters. The third-order valence-corrected chi connectivity index (χ3v) is 4.35. The number of nitrogens with zero attached hydrogens (tertiary/aromatic N) is 1. The molecule has 5 nitrogen and oxygen atoms in total. The van der Waals surface area contributed by atoms with Crippen LogP contribution in [0.25, 0.3) is 0 Å². The molecule has 3 rings (SSSR count). The van der Waals surface area contributed by atoms with Crippen LogP contribution in [0.3, 0.4) is 0 Å². The van der Waals surface area contributed by atoms with Crippen LogP contribution in [0.15, 0.2) is 54.6 Å². The first-order chi connectivity index (χ1) is 12.2. The van der Waals surface area contributed by atoms with Gasteiger partial charge in [-0.1, -0.05) is 18.2 Å². The van der Waals surface area contributed by atoms with Gasteiger partial charge in [-0.2, -0.15) is 0 Å². The molecule has 2 N–H and O–H groups in total. The molecule has 0 aliphatic carbocycles. The Morgan fingerprint density at radius 2 is 1.84 bits per heavy atom. The molecule has 1 saturated heterocycles. The Bertz CT molecular complexity index is 673. The molecule has 5 heteroatoms. The molecule has 132 valence electrons. The van der Waals surface area contributed by atoms with Gasteiger partial charge in [0.25, 0.3) is 0 Å². The highest BCUT2D eigenvalue weighted by Crippen LogP contribution is 2.22. The second-order valence-corrected chi connectivity index (χ2v) is 6.41. The summed E-state index contributed by atoms with van der Waals surface area (Å²) < 4.78 is 5.74. The Morgan fingerprint density at radius 3 is 2.56 bits per heavy atom. The second-order valence-electron chi connectivity index (χ2n) is 6.41. The van der Waals surface area contributed by atoms with E-state index >= 15 is 0 Å². The lowest BCUT2D eigenvalue weighted by molar-refractivity contribution is -0.117. The maximum atomic E-state index is 12.2. The van der Waals surface area contributed by atoms with Crippen LogP contribution < -0.4 is 10.1 Å². The molecule has 1 heterocycles. The number of ether oxygens (including phenoxy) is 1. The van der Waals surface area contributed by atoms with E-state index in [1.165, 1.54) is 0 Å². The highest BCUT2D eigenvalue weighted by Gasteiger charge is 2.20. The van der Waals surface area contributed by atoms with Crippen molar-refractivity contribution in [1.29, 1.82) is 0 Å². The number of amides is 1. The third kappa shape index (κ3) is 5.31. The minimum atomic E-state index is -0.0321. The van der Waals surface area contributed by atoms with Crippen LogP contribution in [0.5, 0.6) is 11.5 Å². The fourth-order valence-electron chi connectivity index (χ4n) is 3.08. The summed E-state index contributed by atoms with van der Waals surface area (Å²) in [5.74, 6) is 1.76. The number of anilines is 1. The summed E-state index contributed by atoms with van der Waals surface area (Å²) in [6.45, 7) is 2.25. The topological polar surface area (TPSA) is 61.8 Å². The Hall–Kier alpha value is -2.37. The Kier molecular flexibility index (Phi) is 6.04. The smallest absolute Gasteiger partial charge is 0.238 e. The maximum absolute atomic E-state index is 12.2. The number of piperidine rings is 1. The van der Waals surface area contributed by atoms with Crippen LogP contribution >= 0.6 is 0 Å². The molecule has 0 bridgehead atoms. The molecule has 0 saturated carbocycles. The van der Waals surface area contributed by atoms with Crippen LogP contribution in [0.1, 0.15) is 12.8 Å². The average molecular weight is 340 g/mol. The molecular formula is C20H24N2O3. The van der Waals surface area contributed by atoms with Gasteiger partial charge in [-0.3, -0.25) is 9.69 Å². The number of para-hydroxylation sites is 1. The molecule has 1 unspecified atom stereocenters. The van der Waals surface area contributed by atoms with Crippen molar-refractivity contribution >= 4 is 11.6 Å². The highest BCUT2D eigenvalue weighted by molar-refractivity contribution is 5.92. The van der Waals surface area contributed by atoms with E-state index in [9.17, 15) is 9.90 Å². The molecule has 25 heavy (non-hydrogen) atoms. The molecule has 0 aromatic heterocycles. The number of hydrogen-bond donors (Lipinski definition) is 2. The minimum absolute atomic E-state index is 0.0321. The maximum Gasteiger partial charge on any atom is 0.238 e. The highest BCUT2D eigenvalue weighted by atomic mass is 16.5. The fourth-order valence-corrected chi connectivity index (χ4v) is 3.08. The molecule has 1 aliphatic rings. The normalized spacial score (nSPS) is 17.9. The Labute approximate surface area is 148 Å². The van der Waals surface area contributed by atoms with Gasteiger partial charge in [0.2, 0.25) is 5.91 Å². The first kappa shape index (κ1) is 17.5. The van der Waals surface area contributed by atoms with Gasteiger partial charge in [0.05, 0.1) is 6.54 Å².